The van der Waals surface area contributed by atoms with Crippen LogP contribution in [0.3, 0.4) is 0 Å². The van der Waals surface area contributed by atoms with Crippen LogP contribution in [0, 0.1) is 5.82 Å². The van der Waals surface area contributed by atoms with Gasteiger partial charge in [-0.05, 0) is 63.1 Å². The van der Waals surface area contributed by atoms with Crippen molar-refractivity contribution in [1.29, 1.82) is 0 Å². The van der Waals surface area contributed by atoms with Crippen LogP contribution in [0.25, 0.3) is 0 Å². The molecule has 0 saturated carbocycles. The summed E-state index contributed by atoms with van der Waals surface area (Å²) in [6.07, 6.45) is -10.7. The van der Waals surface area contributed by atoms with Gasteiger partial charge in [0, 0.05) is 30.6 Å². The molecule has 12 heteroatoms. The first kappa shape index (κ1) is 28.3. The lowest BCUT2D eigenvalue weighted by Crippen LogP contribution is -2.52. The number of benzene rings is 2. The Hall–Kier alpha value is -3.31. The Morgan fingerprint density at radius 1 is 0.919 bits per heavy atom. The lowest BCUT2D eigenvalue weighted by Gasteiger charge is -2.39. The van der Waals surface area contributed by atoms with E-state index < -0.39 is 64.4 Å². The molecule has 1 aliphatic heterocycles. The van der Waals surface area contributed by atoms with E-state index in [0.717, 1.165) is 0 Å². The summed E-state index contributed by atoms with van der Waals surface area (Å²) in [4.78, 5) is 26.9. The van der Waals surface area contributed by atoms with E-state index in [1.54, 1.807) is 20.8 Å². The van der Waals surface area contributed by atoms with Gasteiger partial charge in [0.1, 0.15) is 11.4 Å². The average molecular weight is 534 g/mol. The summed E-state index contributed by atoms with van der Waals surface area (Å²) < 4.78 is 98.3. The topological polar surface area (TPSA) is 58.6 Å². The molecule has 1 heterocycles. The minimum absolute atomic E-state index is 0.0158. The number of amides is 2. The van der Waals surface area contributed by atoms with E-state index in [1.165, 1.54) is 29.2 Å². The van der Waals surface area contributed by atoms with E-state index in [2.05, 4.69) is 5.32 Å². The lowest BCUT2D eigenvalue weighted by atomic mass is 9.85. The Bertz CT molecular complexity index is 1110. The van der Waals surface area contributed by atoms with Gasteiger partial charge in [0.25, 0.3) is 5.91 Å². The Labute approximate surface area is 208 Å². The first-order valence-corrected chi connectivity index (χ1v) is 11.3. The predicted octanol–water partition coefficient (Wildman–Crippen LogP) is 6.39. The molecule has 2 amide bonds. The smallest absolute Gasteiger partial charge is 0.416 e. The fourth-order valence-corrected chi connectivity index (χ4v) is 4.00. The predicted molar refractivity (Wildman–Crippen MR) is 119 cm³/mol. The first-order valence-electron chi connectivity index (χ1n) is 11.3. The number of nitrogens with one attached hydrogen (secondary N) is 1. The molecule has 2 aromatic carbocycles. The zero-order valence-corrected chi connectivity index (χ0v) is 20.1. The fraction of sp³-hybridized carbons (Fsp3) is 0.440. The molecule has 0 radical (unpaired) electrons. The van der Waals surface area contributed by atoms with Crippen LogP contribution in [-0.2, 0) is 17.1 Å². The van der Waals surface area contributed by atoms with Gasteiger partial charge in [0.15, 0.2) is 0 Å². The number of hydrogen-bond acceptors (Lipinski definition) is 3. The van der Waals surface area contributed by atoms with Gasteiger partial charge in [0.2, 0.25) is 0 Å². The highest BCUT2D eigenvalue weighted by Crippen LogP contribution is 2.37. The summed E-state index contributed by atoms with van der Waals surface area (Å²) >= 11 is 0. The number of ether oxygens (including phenoxy) is 1. The molecule has 0 aliphatic carbocycles. The van der Waals surface area contributed by atoms with Crippen molar-refractivity contribution < 1.29 is 45.1 Å². The highest BCUT2D eigenvalue weighted by Gasteiger charge is 2.39. The van der Waals surface area contributed by atoms with Gasteiger partial charge in [0.05, 0.1) is 11.1 Å². The zero-order chi connectivity index (χ0) is 27.8. The van der Waals surface area contributed by atoms with Crippen molar-refractivity contribution >= 4 is 12.0 Å². The van der Waals surface area contributed by atoms with Gasteiger partial charge >= 0.3 is 18.4 Å². The lowest BCUT2D eigenvalue weighted by molar-refractivity contribution is -0.143. The van der Waals surface area contributed by atoms with E-state index in [9.17, 15) is 40.3 Å². The van der Waals surface area contributed by atoms with Crippen molar-refractivity contribution in [2.75, 3.05) is 13.1 Å². The third-order valence-corrected chi connectivity index (χ3v) is 5.73. The third-order valence-electron chi connectivity index (χ3n) is 5.73. The second-order valence-corrected chi connectivity index (χ2v) is 9.75. The van der Waals surface area contributed by atoms with E-state index in [4.69, 9.17) is 4.74 Å². The van der Waals surface area contributed by atoms with Crippen LogP contribution in [0.2, 0.25) is 0 Å². The van der Waals surface area contributed by atoms with Crippen LogP contribution in [0.4, 0.5) is 35.5 Å². The maximum atomic E-state index is 13.5. The summed E-state index contributed by atoms with van der Waals surface area (Å²) in [5.41, 5.74) is -4.30. The number of alkyl halides is 6. The number of rotatable bonds is 3. The minimum Gasteiger partial charge on any atom is -0.444 e. The van der Waals surface area contributed by atoms with E-state index in [0.29, 0.717) is 17.7 Å². The van der Waals surface area contributed by atoms with Crippen LogP contribution < -0.4 is 5.32 Å². The van der Waals surface area contributed by atoms with Crippen LogP contribution >= 0.6 is 0 Å². The summed E-state index contributed by atoms with van der Waals surface area (Å²) in [6.45, 7) is 5.16. The molecule has 0 aromatic heterocycles. The van der Waals surface area contributed by atoms with Crippen molar-refractivity contribution in [2.24, 2.45) is 0 Å². The quantitative estimate of drug-likeness (QED) is 0.465. The standard InChI is InChI=1S/C25H25F7N2O3/c1-23(2,3)37-22(36)34-9-8-20(19(13-34)14-4-6-18(26)7-5-14)33-21(35)15-10-16(24(27,28)29)12-17(11-15)25(30,31)32/h4-7,10-12,19-20H,8-9,13H2,1-3H3,(H,33,35)/t19-,20?/m0/s1. The van der Waals surface area contributed by atoms with Gasteiger partial charge in [-0.25, -0.2) is 9.18 Å². The van der Waals surface area contributed by atoms with Gasteiger partial charge < -0.3 is 15.0 Å². The Balaban J connectivity index is 1.91. The Morgan fingerprint density at radius 3 is 1.95 bits per heavy atom. The summed E-state index contributed by atoms with van der Waals surface area (Å²) in [5, 5.41) is 2.52. The summed E-state index contributed by atoms with van der Waals surface area (Å²) in [5.74, 6) is -2.31. The Kier molecular flexibility index (Phi) is 7.80. The summed E-state index contributed by atoms with van der Waals surface area (Å²) in [6, 6.07) is 5.08. The largest absolute Gasteiger partial charge is 0.444 e. The van der Waals surface area contributed by atoms with Gasteiger partial charge in [-0.3, -0.25) is 4.79 Å². The second-order valence-electron chi connectivity index (χ2n) is 9.75. The highest BCUT2D eigenvalue weighted by molar-refractivity contribution is 5.95. The number of halogens is 7. The molecule has 37 heavy (non-hydrogen) atoms. The van der Waals surface area contributed by atoms with Crippen LogP contribution in [0.1, 0.15) is 60.2 Å². The van der Waals surface area contributed by atoms with Crippen molar-refractivity contribution in [3.8, 4) is 0 Å². The molecule has 1 fully saturated rings. The molecule has 0 bridgehead atoms. The normalized spacial score (nSPS) is 18.9. The van der Waals surface area contributed by atoms with Crippen molar-refractivity contribution in [2.45, 2.75) is 57.1 Å². The molecular formula is C25H25F7N2O3. The maximum Gasteiger partial charge on any atom is 0.416 e. The molecule has 5 nitrogen and oxygen atoms in total. The molecule has 202 valence electrons. The second kappa shape index (κ2) is 10.2. The third kappa shape index (κ3) is 7.36. The van der Waals surface area contributed by atoms with Crippen molar-refractivity contribution in [3.05, 3.63) is 70.5 Å². The van der Waals surface area contributed by atoms with E-state index in [-0.39, 0.29) is 25.6 Å². The number of likely N-dealkylation sites (tertiary alicyclic amines) is 1. The number of carbonyl (C=O) groups is 2. The molecule has 1 saturated heterocycles. The monoisotopic (exact) mass is 534 g/mol. The zero-order valence-electron chi connectivity index (χ0n) is 20.1. The van der Waals surface area contributed by atoms with Gasteiger partial charge in [-0.2, -0.15) is 26.3 Å². The number of nitrogens with zero attached hydrogens (tertiary/aromatic N) is 1. The summed E-state index contributed by atoms with van der Waals surface area (Å²) in [7, 11) is 0. The SMILES string of the molecule is CC(C)(C)OC(=O)N1CCC(NC(=O)c2cc(C(F)(F)F)cc(C(F)(F)F)c2)[C@H](c2ccc(F)cc2)C1. The molecule has 3 rings (SSSR count). The van der Waals surface area contributed by atoms with Crippen LogP contribution in [-0.4, -0.2) is 41.6 Å². The molecule has 2 atom stereocenters. The molecule has 2 aromatic rings. The van der Waals surface area contributed by atoms with Gasteiger partial charge in [-0.15, -0.1) is 0 Å². The molecular weight excluding hydrogens is 509 g/mol. The molecule has 1 unspecified atom stereocenters. The molecule has 1 aliphatic rings. The maximum absolute atomic E-state index is 13.5. The first-order chi connectivity index (χ1) is 16.9. The van der Waals surface area contributed by atoms with E-state index in [1.807, 2.05) is 0 Å². The minimum atomic E-state index is -5.11. The highest BCUT2D eigenvalue weighted by atomic mass is 19.4. The van der Waals surface area contributed by atoms with E-state index >= 15 is 0 Å². The van der Waals surface area contributed by atoms with Gasteiger partial charge in [-0.1, -0.05) is 12.1 Å². The molecule has 1 N–H and O–H groups in total. The number of carbonyl (C=O) groups excluding carboxylic acids is 2. The molecule has 0 spiro atoms. The van der Waals surface area contributed by atoms with Crippen molar-refractivity contribution in [1.82, 2.24) is 10.2 Å². The average Bonchev–Trinajstić information content (AvgIpc) is 2.77. The van der Waals surface area contributed by atoms with Crippen LogP contribution in [0.15, 0.2) is 42.5 Å². The van der Waals surface area contributed by atoms with Crippen LogP contribution in [0.5, 0.6) is 0 Å². The Morgan fingerprint density at radius 2 is 1.46 bits per heavy atom. The fourth-order valence-electron chi connectivity index (χ4n) is 4.00. The van der Waals surface area contributed by atoms with Crippen molar-refractivity contribution in [3.63, 3.8) is 0 Å². The number of piperidine rings is 1. The number of hydrogen-bond donors (Lipinski definition) is 1.